The maximum absolute atomic E-state index is 13.6. The summed E-state index contributed by atoms with van der Waals surface area (Å²) in [4.78, 5) is 20.5. The van der Waals surface area contributed by atoms with Gasteiger partial charge in [0.25, 0.3) is 0 Å². The molecule has 1 unspecified atom stereocenters. The van der Waals surface area contributed by atoms with E-state index in [1.165, 1.54) is 13.2 Å². The number of halogens is 3. The molecule has 10 heteroatoms. The van der Waals surface area contributed by atoms with E-state index in [2.05, 4.69) is 27.1 Å². The number of nitrogens with zero attached hydrogens (tertiary/aromatic N) is 4. The molecule has 1 aliphatic rings. The Hall–Kier alpha value is -2.43. The first-order chi connectivity index (χ1) is 14.6. The minimum absolute atomic E-state index is 0.0733. The van der Waals surface area contributed by atoms with Gasteiger partial charge in [0.15, 0.2) is 5.82 Å². The van der Waals surface area contributed by atoms with Crippen molar-refractivity contribution in [1.82, 2.24) is 24.7 Å². The molecule has 1 atom stereocenters. The van der Waals surface area contributed by atoms with E-state index in [-0.39, 0.29) is 6.54 Å². The Labute approximate surface area is 179 Å². The lowest BCUT2D eigenvalue weighted by molar-refractivity contribution is -0.271. The van der Waals surface area contributed by atoms with Gasteiger partial charge in [-0.25, -0.2) is 4.98 Å². The van der Waals surface area contributed by atoms with Crippen LogP contribution in [0.25, 0.3) is 0 Å². The maximum atomic E-state index is 13.6. The Balaban J connectivity index is 1.60. The minimum Gasteiger partial charge on any atom is -0.374 e. The molecule has 7 nitrogen and oxygen atoms in total. The summed E-state index contributed by atoms with van der Waals surface area (Å²) in [5.41, 5.74) is -1.50. The van der Waals surface area contributed by atoms with Crippen molar-refractivity contribution in [3.05, 3.63) is 53.6 Å². The predicted molar refractivity (Wildman–Crippen MR) is 109 cm³/mol. The van der Waals surface area contributed by atoms with Crippen molar-refractivity contribution in [3.8, 4) is 0 Å². The first kappa shape index (κ1) is 23.2. The fourth-order valence-corrected chi connectivity index (χ4v) is 3.67. The summed E-state index contributed by atoms with van der Waals surface area (Å²) in [5, 5.41) is 12.8. The number of hydrogen-bond donors (Lipinski definition) is 2. The highest BCUT2D eigenvalue weighted by Gasteiger charge is 2.58. The average Bonchev–Trinajstić information content (AvgIpc) is 3.14. The molecule has 0 saturated carbocycles. The molecule has 1 amide bonds. The van der Waals surface area contributed by atoms with Gasteiger partial charge in [-0.1, -0.05) is 24.3 Å². The van der Waals surface area contributed by atoms with Gasteiger partial charge in [0.2, 0.25) is 11.5 Å². The van der Waals surface area contributed by atoms with Gasteiger partial charge >= 0.3 is 6.18 Å². The molecule has 1 aromatic carbocycles. The van der Waals surface area contributed by atoms with Gasteiger partial charge in [0.05, 0.1) is 6.42 Å². The van der Waals surface area contributed by atoms with E-state index in [1.807, 2.05) is 24.3 Å². The normalized spacial score (nSPS) is 18.0. The van der Waals surface area contributed by atoms with Crippen LogP contribution in [0.3, 0.4) is 0 Å². The van der Waals surface area contributed by atoms with Gasteiger partial charge in [-0.3, -0.25) is 9.69 Å². The number of aliphatic hydroxyl groups is 1. The van der Waals surface area contributed by atoms with Gasteiger partial charge in [0.1, 0.15) is 0 Å². The van der Waals surface area contributed by atoms with E-state index in [9.17, 15) is 23.1 Å². The van der Waals surface area contributed by atoms with Gasteiger partial charge in [-0.05, 0) is 18.2 Å². The third kappa shape index (κ3) is 5.63. The van der Waals surface area contributed by atoms with E-state index in [1.54, 1.807) is 0 Å². The summed E-state index contributed by atoms with van der Waals surface area (Å²) >= 11 is 0. The second-order valence-electron chi connectivity index (χ2n) is 8.07. The number of aromatic nitrogens is 2. The molecule has 0 bridgehead atoms. The van der Waals surface area contributed by atoms with Crippen LogP contribution in [0.4, 0.5) is 13.2 Å². The van der Waals surface area contributed by atoms with Crippen LogP contribution in [0.15, 0.2) is 36.7 Å². The molecule has 2 aromatic rings. The van der Waals surface area contributed by atoms with Crippen molar-refractivity contribution in [1.29, 1.82) is 0 Å². The SMILES string of the molecule is CN1CCN(Cc2cccc(CNC(=O)CC(O)(c3nccn3C)C(F)(F)F)c2)CC1. The molecule has 1 aromatic heterocycles. The number of benzene rings is 1. The molecule has 0 spiro atoms. The van der Waals surface area contributed by atoms with Crippen LogP contribution in [0.1, 0.15) is 23.4 Å². The molecule has 0 aliphatic carbocycles. The van der Waals surface area contributed by atoms with Gasteiger partial charge in [0, 0.05) is 58.7 Å². The number of imidazole rings is 1. The topological polar surface area (TPSA) is 73.6 Å². The number of piperazine rings is 1. The Kier molecular flexibility index (Phi) is 7.03. The Bertz CT molecular complexity index is 893. The lowest BCUT2D eigenvalue weighted by Gasteiger charge is -2.32. The molecule has 0 radical (unpaired) electrons. The number of alkyl halides is 3. The van der Waals surface area contributed by atoms with Crippen molar-refractivity contribution >= 4 is 5.91 Å². The second-order valence-corrected chi connectivity index (χ2v) is 8.07. The summed E-state index contributed by atoms with van der Waals surface area (Å²) in [5.74, 6) is -1.53. The highest BCUT2D eigenvalue weighted by atomic mass is 19.4. The zero-order chi connectivity index (χ0) is 22.6. The number of aryl methyl sites for hydroxylation is 1. The number of nitrogens with one attached hydrogen (secondary N) is 1. The monoisotopic (exact) mass is 439 g/mol. The van der Waals surface area contributed by atoms with Crippen molar-refractivity contribution in [2.24, 2.45) is 7.05 Å². The number of likely N-dealkylation sites (N-methyl/N-ethyl adjacent to an activating group) is 1. The highest BCUT2D eigenvalue weighted by molar-refractivity contribution is 5.77. The largest absolute Gasteiger partial charge is 0.425 e. The number of rotatable bonds is 7. The van der Waals surface area contributed by atoms with Crippen molar-refractivity contribution in [2.45, 2.75) is 31.3 Å². The first-order valence-electron chi connectivity index (χ1n) is 10.1. The maximum Gasteiger partial charge on any atom is 0.425 e. The zero-order valence-corrected chi connectivity index (χ0v) is 17.7. The summed E-state index contributed by atoms with van der Waals surface area (Å²) < 4.78 is 41.8. The second kappa shape index (κ2) is 9.37. The van der Waals surface area contributed by atoms with Crippen LogP contribution in [-0.4, -0.2) is 69.8 Å². The van der Waals surface area contributed by atoms with Crippen LogP contribution in [0, 0.1) is 0 Å². The molecular formula is C21H28F3N5O2. The van der Waals surface area contributed by atoms with Gasteiger partial charge in [-0.2, -0.15) is 13.2 Å². The average molecular weight is 439 g/mol. The smallest absolute Gasteiger partial charge is 0.374 e. The van der Waals surface area contributed by atoms with Crippen LogP contribution >= 0.6 is 0 Å². The third-order valence-electron chi connectivity index (χ3n) is 5.56. The molecular weight excluding hydrogens is 411 g/mol. The van der Waals surface area contributed by atoms with Crippen molar-refractivity contribution in [3.63, 3.8) is 0 Å². The zero-order valence-electron chi connectivity index (χ0n) is 17.7. The highest BCUT2D eigenvalue weighted by Crippen LogP contribution is 2.40. The lowest BCUT2D eigenvalue weighted by Crippen LogP contribution is -2.47. The molecule has 1 fully saturated rings. The molecule has 31 heavy (non-hydrogen) atoms. The summed E-state index contributed by atoms with van der Waals surface area (Å²) in [6, 6.07) is 7.61. The molecule has 170 valence electrons. The molecule has 1 aliphatic heterocycles. The van der Waals surface area contributed by atoms with Crippen LogP contribution in [0.5, 0.6) is 0 Å². The number of amides is 1. The molecule has 2 N–H and O–H groups in total. The third-order valence-corrected chi connectivity index (χ3v) is 5.56. The fourth-order valence-electron chi connectivity index (χ4n) is 3.67. The Morgan fingerprint density at radius 1 is 1.16 bits per heavy atom. The molecule has 2 heterocycles. The van der Waals surface area contributed by atoms with Gasteiger partial charge < -0.3 is 19.9 Å². The summed E-state index contributed by atoms with van der Waals surface area (Å²) in [6.45, 7) is 4.82. The summed E-state index contributed by atoms with van der Waals surface area (Å²) in [7, 11) is 3.43. The van der Waals surface area contributed by atoms with E-state index >= 15 is 0 Å². The number of carbonyl (C=O) groups excluding carboxylic acids is 1. The fraction of sp³-hybridized carbons (Fsp3) is 0.524. The van der Waals surface area contributed by atoms with Crippen LogP contribution in [0.2, 0.25) is 0 Å². The molecule has 3 rings (SSSR count). The van der Waals surface area contributed by atoms with Gasteiger partial charge in [-0.15, -0.1) is 0 Å². The lowest BCUT2D eigenvalue weighted by atomic mass is 9.97. The van der Waals surface area contributed by atoms with E-state index < -0.39 is 29.9 Å². The van der Waals surface area contributed by atoms with Crippen molar-refractivity contribution in [2.75, 3.05) is 33.2 Å². The van der Waals surface area contributed by atoms with Crippen LogP contribution in [-0.2, 0) is 30.5 Å². The quantitative estimate of drug-likeness (QED) is 0.686. The number of hydrogen-bond acceptors (Lipinski definition) is 5. The van der Waals surface area contributed by atoms with E-state index in [0.717, 1.165) is 54.6 Å². The van der Waals surface area contributed by atoms with Crippen LogP contribution < -0.4 is 5.32 Å². The Morgan fingerprint density at radius 2 is 1.84 bits per heavy atom. The van der Waals surface area contributed by atoms with Crippen molar-refractivity contribution < 1.29 is 23.1 Å². The molecule has 1 saturated heterocycles. The van der Waals surface area contributed by atoms with E-state index in [4.69, 9.17) is 0 Å². The predicted octanol–water partition coefficient (Wildman–Crippen LogP) is 1.62. The number of carbonyl (C=O) groups is 1. The summed E-state index contributed by atoms with van der Waals surface area (Å²) in [6.07, 6.45) is -3.78. The minimum atomic E-state index is -5.05. The Morgan fingerprint density at radius 3 is 2.45 bits per heavy atom. The first-order valence-corrected chi connectivity index (χ1v) is 10.1. The van der Waals surface area contributed by atoms with E-state index in [0.29, 0.717) is 0 Å². The standard InChI is InChI=1S/C21H28F3N5O2/c1-27-8-10-29(11-9-27)15-17-5-3-4-16(12-17)14-26-18(30)13-20(31,21(22,23)24)19-25-6-7-28(19)2/h3-7,12,31H,8-11,13-15H2,1-2H3,(H,26,30).